The molecule has 5 nitrogen and oxygen atoms in total. The van der Waals surface area contributed by atoms with Crippen molar-refractivity contribution in [1.29, 1.82) is 0 Å². The van der Waals surface area contributed by atoms with Crippen LogP contribution in [-0.2, 0) is 4.79 Å². The van der Waals surface area contributed by atoms with Crippen molar-refractivity contribution in [2.24, 2.45) is 5.92 Å². The molecular formula is C21H27ClN2O3. The Kier molecular flexibility index (Phi) is 6.42. The zero-order valence-electron chi connectivity index (χ0n) is 15.7. The minimum Gasteiger partial charge on any atom is -0.506 e. The first-order valence-corrected chi connectivity index (χ1v) is 10.2. The van der Waals surface area contributed by atoms with E-state index in [1.54, 1.807) is 12.1 Å². The Balaban J connectivity index is 1.91. The minimum absolute atomic E-state index is 0.0216. The van der Waals surface area contributed by atoms with E-state index in [9.17, 15) is 14.7 Å². The third-order valence-electron chi connectivity index (χ3n) is 5.56. The van der Waals surface area contributed by atoms with Gasteiger partial charge in [-0.15, -0.1) is 0 Å². The number of carbonyl (C=O) groups is 2. The molecule has 1 aliphatic carbocycles. The highest BCUT2D eigenvalue weighted by Crippen LogP contribution is 2.35. The molecule has 1 aromatic carbocycles. The van der Waals surface area contributed by atoms with Gasteiger partial charge in [-0.25, -0.2) is 4.79 Å². The maximum Gasteiger partial charge on any atom is 0.319 e. The first-order chi connectivity index (χ1) is 13.0. The summed E-state index contributed by atoms with van der Waals surface area (Å²) in [6.07, 6.45) is 8.14. The number of allylic oxidation sites excluding steroid dienone is 1. The lowest BCUT2D eigenvalue weighted by atomic mass is 9.85. The lowest BCUT2D eigenvalue weighted by molar-refractivity contribution is -0.117. The van der Waals surface area contributed by atoms with Crippen LogP contribution in [0.25, 0.3) is 0 Å². The number of rotatable bonds is 5. The predicted octanol–water partition coefficient (Wildman–Crippen LogP) is 4.99. The zero-order valence-corrected chi connectivity index (χ0v) is 16.4. The number of aromatic hydroxyl groups is 1. The van der Waals surface area contributed by atoms with Crippen molar-refractivity contribution in [3.05, 3.63) is 40.1 Å². The molecule has 27 heavy (non-hydrogen) atoms. The molecule has 0 spiro atoms. The molecule has 2 amide bonds. The second kappa shape index (κ2) is 8.79. The Morgan fingerprint density at radius 1 is 1.22 bits per heavy atom. The van der Waals surface area contributed by atoms with Crippen molar-refractivity contribution in [3.8, 4) is 5.75 Å². The van der Waals surface area contributed by atoms with E-state index < -0.39 is 6.04 Å². The van der Waals surface area contributed by atoms with Gasteiger partial charge in [0.25, 0.3) is 0 Å². The van der Waals surface area contributed by atoms with Crippen LogP contribution >= 0.6 is 11.6 Å². The molecule has 1 saturated carbocycles. The monoisotopic (exact) mass is 390 g/mol. The van der Waals surface area contributed by atoms with Gasteiger partial charge in [0.15, 0.2) is 5.78 Å². The molecule has 6 heteroatoms. The second-order valence-electron chi connectivity index (χ2n) is 7.47. The number of phenols is 1. The Bertz CT molecular complexity index is 752. The topological polar surface area (TPSA) is 78.4 Å². The summed E-state index contributed by atoms with van der Waals surface area (Å²) in [6.45, 7) is 1.93. The highest BCUT2D eigenvalue weighted by atomic mass is 35.5. The van der Waals surface area contributed by atoms with Gasteiger partial charge in [-0.1, -0.05) is 63.1 Å². The maximum absolute atomic E-state index is 13.3. The van der Waals surface area contributed by atoms with E-state index in [2.05, 4.69) is 10.6 Å². The molecule has 3 rings (SSSR count). The van der Waals surface area contributed by atoms with Gasteiger partial charge in [0, 0.05) is 17.7 Å². The Morgan fingerprint density at radius 2 is 1.93 bits per heavy atom. The third kappa shape index (κ3) is 4.64. The number of benzene rings is 1. The number of phenolic OH excluding ortho intramolecular Hbond substituents is 1. The Labute approximate surface area is 165 Å². The highest BCUT2D eigenvalue weighted by Gasteiger charge is 2.33. The highest BCUT2D eigenvalue weighted by molar-refractivity contribution is 6.32. The van der Waals surface area contributed by atoms with E-state index in [1.807, 2.05) is 6.92 Å². The molecule has 1 atom stereocenters. The average Bonchev–Trinajstić information content (AvgIpc) is 2.91. The van der Waals surface area contributed by atoms with Gasteiger partial charge in [0.1, 0.15) is 5.75 Å². The molecule has 2 aliphatic rings. The number of halogens is 1. The minimum atomic E-state index is -0.551. The van der Waals surface area contributed by atoms with Crippen molar-refractivity contribution in [3.63, 3.8) is 0 Å². The molecule has 1 aliphatic heterocycles. The van der Waals surface area contributed by atoms with Crippen LogP contribution in [0.4, 0.5) is 4.79 Å². The number of urea groups is 1. The van der Waals surface area contributed by atoms with Crippen LogP contribution in [0.15, 0.2) is 29.5 Å². The fourth-order valence-electron chi connectivity index (χ4n) is 4.12. The van der Waals surface area contributed by atoms with Gasteiger partial charge >= 0.3 is 6.03 Å². The SMILES string of the molecule is CCC1=C(C(=O)CC2CCCCCC2)C(c2ccc(O)c(Cl)c2)NC(=O)N1. The van der Waals surface area contributed by atoms with Crippen LogP contribution in [0.5, 0.6) is 5.75 Å². The molecule has 0 bridgehead atoms. The van der Waals surface area contributed by atoms with Crippen LogP contribution in [0.3, 0.4) is 0 Å². The quantitative estimate of drug-likeness (QED) is 0.619. The molecule has 0 radical (unpaired) electrons. The first kappa shape index (κ1) is 19.7. The number of hydrogen-bond donors (Lipinski definition) is 3. The summed E-state index contributed by atoms with van der Waals surface area (Å²) in [5, 5.41) is 15.6. The Morgan fingerprint density at radius 3 is 2.56 bits per heavy atom. The summed E-state index contributed by atoms with van der Waals surface area (Å²) < 4.78 is 0. The van der Waals surface area contributed by atoms with E-state index in [4.69, 9.17) is 11.6 Å². The van der Waals surface area contributed by atoms with Gasteiger partial charge in [-0.2, -0.15) is 0 Å². The number of ketones is 1. The van der Waals surface area contributed by atoms with Crippen LogP contribution < -0.4 is 10.6 Å². The van der Waals surface area contributed by atoms with E-state index in [0.717, 1.165) is 12.8 Å². The number of carbonyl (C=O) groups excluding carboxylic acids is 2. The van der Waals surface area contributed by atoms with E-state index >= 15 is 0 Å². The van der Waals surface area contributed by atoms with Crippen LogP contribution in [0.1, 0.15) is 69.9 Å². The molecule has 1 unspecified atom stereocenters. The maximum atomic E-state index is 13.3. The molecule has 1 heterocycles. The van der Waals surface area contributed by atoms with Gasteiger partial charge < -0.3 is 15.7 Å². The van der Waals surface area contributed by atoms with Crippen molar-refractivity contribution in [1.82, 2.24) is 10.6 Å². The first-order valence-electron chi connectivity index (χ1n) is 9.81. The van der Waals surface area contributed by atoms with Gasteiger partial charge in [-0.05, 0) is 30.0 Å². The molecule has 1 aromatic rings. The fraction of sp³-hybridized carbons (Fsp3) is 0.524. The summed E-state index contributed by atoms with van der Waals surface area (Å²) in [5.41, 5.74) is 1.98. The Hall–Kier alpha value is -2.01. The molecule has 0 saturated heterocycles. The summed E-state index contributed by atoms with van der Waals surface area (Å²) in [7, 11) is 0. The fourth-order valence-corrected chi connectivity index (χ4v) is 4.31. The lowest BCUT2D eigenvalue weighted by Crippen LogP contribution is -2.45. The van der Waals surface area contributed by atoms with Crippen LogP contribution in [0.2, 0.25) is 5.02 Å². The second-order valence-corrected chi connectivity index (χ2v) is 7.88. The van der Waals surface area contributed by atoms with Crippen molar-refractivity contribution in [2.45, 2.75) is 64.3 Å². The standard InChI is InChI=1S/C21H27ClN2O3/c1-2-16-19(18(26)11-13-7-5-3-4-6-8-13)20(24-21(27)23-16)14-9-10-17(25)15(22)12-14/h9-10,12-13,20,25H,2-8,11H2,1H3,(H2,23,24,27). The van der Waals surface area contributed by atoms with Crippen LogP contribution in [-0.4, -0.2) is 16.9 Å². The average molecular weight is 391 g/mol. The summed E-state index contributed by atoms with van der Waals surface area (Å²) in [4.78, 5) is 25.4. The van der Waals surface area contributed by atoms with Gasteiger partial charge in [-0.3, -0.25) is 4.79 Å². The number of Topliss-reactive ketones (excluding diaryl/α,β-unsaturated/α-hetero) is 1. The molecule has 1 fully saturated rings. The summed E-state index contributed by atoms with van der Waals surface area (Å²) in [5.74, 6) is 0.472. The van der Waals surface area contributed by atoms with Gasteiger partial charge in [0.2, 0.25) is 0 Å². The van der Waals surface area contributed by atoms with Crippen molar-refractivity contribution >= 4 is 23.4 Å². The number of nitrogens with one attached hydrogen (secondary N) is 2. The number of hydrogen-bond acceptors (Lipinski definition) is 3. The van der Waals surface area contributed by atoms with Crippen molar-refractivity contribution in [2.75, 3.05) is 0 Å². The third-order valence-corrected chi connectivity index (χ3v) is 5.86. The lowest BCUT2D eigenvalue weighted by Gasteiger charge is -2.30. The summed E-state index contributed by atoms with van der Waals surface area (Å²) in [6, 6.07) is 3.92. The predicted molar refractivity (Wildman–Crippen MR) is 106 cm³/mol. The van der Waals surface area contributed by atoms with E-state index in [-0.39, 0.29) is 22.6 Å². The smallest absolute Gasteiger partial charge is 0.319 e. The van der Waals surface area contributed by atoms with E-state index in [0.29, 0.717) is 35.6 Å². The van der Waals surface area contributed by atoms with Crippen molar-refractivity contribution < 1.29 is 14.7 Å². The normalized spacial score (nSPS) is 21.4. The van der Waals surface area contributed by atoms with E-state index in [1.165, 1.54) is 31.7 Å². The zero-order chi connectivity index (χ0) is 19.4. The molecule has 3 N–H and O–H groups in total. The number of amides is 2. The largest absolute Gasteiger partial charge is 0.506 e. The van der Waals surface area contributed by atoms with Crippen LogP contribution in [0, 0.1) is 5.92 Å². The summed E-state index contributed by atoms with van der Waals surface area (Å²) >= 11 is 6.06. The molecule has 0 aromatic heterocycles. The van der Waals surface area contributed by atoms with Gasteiger partial charge in [0.05, 0.1) is 11.1 Å². The molecule has 146 valence electrons. The molecular weight excluding hydrogens is 364 g/mol.